The van der Waals surface area contributed by atoms with Gasteiger partial charge in [-0.1, -0.05) is 390 Å². The molecule has 6 aliphatic carbocycles. The minimum absolute atomic E-state index is 0.500. The van der Waals surface area contributed by atoms with Crippen molar-refractivity contribution in [1.29, 1.82) is 0 Å². The molecule has 6 saturated carbocycles. The maximum atomic E-state index is 2.39. The first kappa shape index (κ1) is 90.8. The summed E-state index contributed by atoms with van der Waals surface area (Å²) < 4.78 is 0. The average molecular weight is 1090 g/mol. The second-order valence-electron chi connectivity index (χ2n) is 32.9. The topological polar surface area (TPSA) is 0 Å². The van der Waals surface area contributed by atoms with Crippen LogP contribution in [0.15, 0.2) is 0 Å². The standard InChI is InChI=1S/C9H18.2C8H16.2C7H14.C6H12.2C6H14.2C5H12.2C4H10.C2H6/c1-8-4-6-9(2,3)7-5-8;1-7-5-4-6-8(7,2)3;1-6-4-5-7(2)8(6)3;1-6-4-3-5-7(6)2;1-7-5-3-2-4-6-7;1-6-4-2-3-5-6;2*1-5-6(2,3)4;1-5(2,3)4;1-4-5(2)3;1-4(2)3;1-3-4-2;1-2/h8H,4-7H2,1-3H3;7H,4-6H2,1-3H3;6-8H,4-5H2,1-3H3;6-7H,3-5H2,1-2H3;7H,2-6H2,1H3;6H,2-5H2,1H3;2*5H2,1-4H3;1-4H3;5H,4H2,1-3H3;4H,1-3H3;3-4H2,1-2H3;1-2H3/t;7-;;6-,7?;;;;;;;;;/m.1.1........./s1. The fourth-order valence-electron chi connectivity index (χ4n) is 8.42. The molecule has 6 fully saturated rings. The van der Waals surface area contributed by atoms with Crippen molar-refractivity contribution in [2.75, 3.05) is 0 Å². The molecule has 6 rings (SSSR count). The number of hydrogen-bond acceptors (Lipinski definition) is 0. The van der Waals surface area contributed by atoms with Crippen LogP contribution in [0.4, 0.5) is 0 Å². The zero-order valence-corrected chi connectivity index (χ0v) is 62.2. The van der Waals surface area contributed by atoms with Crippen LogP contribution < -0.4 is 0 Å². The van der Waals surface area contributed by atoms with E-state index in [9.17, 15) is 0 Å². The highest BCUT2D eigenvalue weighted by Gasteiger charge is 2.30. The van der Waals surface area contributed by atoms with E-state index < -0.39 is 0 Å². The Bertz CT molecular complexity index is 1050. The molecule has 3 unspecified atom stereocenters. The number of hydrogen-bond donors (Lipinski definition) is 0. The van der Waals surface area contributed by atoms with Gasteiger partial charge in [0, 0.05) is 0 Å². The van der Waals surface area contributed by atoms with E-state index in [0.29, 0.717) is 27.1 Å². The lowest BCUT2D eigenvalue weighted by atomic mass is 9.74. The molecule has 0 nitrogen and oxygen atoms in total. The normalized spacial score (nSPS) is 24.3. The maximum Gasteiger partial charge on any atom is -0.0329 e. The van der Waals surface area contributed by atoms with Gasteiger partial charge < -0.3 is 0 Å². The van der Waals surface area contributed by atoms with Gasteiger partial charge in [-0.25, -0.2) is 0 Å². The van der Waals surface area contributed by atoms with Crippen molar-refractivity contribution in [3.63, 3.8) is 0 Å². The highest BCUT2D eigenvalue weighted by atomic mass is 14.4. The van der Waals surface area contributed by atoms with E-state index in [1.54, 1.807) is 0 Å². The average Bonchev–Trinajstić information content (AvgIpc) is 4.12. The lowest BCUT2D eigenvalue weighted by Crippen LogP contribution is -2.19. The van der Waals surface area contributed by atoms with Crippen molar-refractivity contribution in [3.8, 4) is 0 Å². The van der Waals surface area contributed by atoms with Gasteiger partial charge in [0.2, 0.25) is 0 Å². The molecule has 0 saturated heterocycles. The van der Waals surface area contributed by atoms with Gasteiger partial charge in [-0.15, -0.1) is 0 Å². The van der Waals surface area contributed by atoms with Crippen molar-refractivity contribution < 1.29 is 0 Å². The van der Waals surface area contributed by atoms with E-state index in [4.69, 9.17) is 0 Å². The molecule has 0 bridgehead atoms. The van der Waals surface area contributed by atoms with Gasteiger partial charge in [0.05, 0.1) is 0 Å². The van der Waals surface area contributed by atoms with Crippen molar-refractivity contribution in [2.45, 2.75) is 409 Å². The quantitative estimate of drug-likeness (QED) is 0.259. The Morgan fingerprint density at radius 2 is 0.649 bits per heavy atom. The molecule has 0 N–H and O–H groups in total. The van der Waals surface area contributed by atoms with E-state index in [1.807, 2.05) is 13.8 Å². The van der Waals surface area contributed by atoms with E-state index in [-0.39, 0.29) is 0 Å². The molecule has 0 radical (unpaired) electrons. The third kappa shape index (κ3) is 80.3. The van der Waals surface area contributed by atoms with Gasteiger partial charge in [0.1, 0.15) is 0 Å². The summed E-state index contributed by atoms with van der Waals surface area (Å²) in [6.07, 6.45) is 37.3. The van der Waals surface area contributed by atoms with Crippen molar-refractivity contribution in [3.05, 3.63) is 0 Å². The predicted molar refractivity (Wildman–Crippen MR) is 369 cm³/mol. The summed E-state index contributed by atoms with van der Waals surface area (Å²) in [5.74, 6) is 10.7. The Balaban J connectivity index is -0.000000139. The van der Waals surface area contributed by atoms with Gasteiger partial charge in [-0.2, -0.15) is 0 Å². The van der Waals surface area contributed by atoms with E-state index in [1.165, 1.54) is 167 Å². The molecule has 0 heterocycles. The molecule has 0 amide bonds. The van der Waals surface area contributed by atoms with Gasteiger partial charge in [-0.3, -0.25) is 0 Å². The third-order valence-electron chi connectivity index (χ3n) is 17.6. The second-order valence-corrected chi connectivity index (χ2v) is 32.9. The summed E-state index contributed by atoms with van der Waals surface area (Å²) in [5, 5.41) is 0. The van der Waals surface area contributed by atoms with Crippen molar-refractivity contribution in [2.24, 2.45) is 92.2 Å². The maximum absolute atomic E-state index is 2.39. The lowest BCUT2D eigenvalue weighted by Gasteiger charge is -2.32. The molecule has 0 aliphatic heterocycles. The molecule has 0 aromatic carbocycles. The molecular formula is C77H168. The summed E-state index contributed by atoms with van der Waals surface area (Å²) in [6, 6.07) is 0. The van der Waals surface area contributed by atoms with Gasteiger partial charge in [-0.05, 0) is 111 Å². The predicted octanol–water partition coefficient (Wildman–Crippen LogP) is 29.5. The Labute approximate surface area is 499 Å². The first-order chi connectivity index (χ1) is 35.1. The van der Waals surface area contributed by atoms with Crippen LogP contribution in [0.2, 0.25) is 0 Å². The van der Waals surface area contributed by atoms with Crippen LogP contribution in [0.1, 0.15) is 409 Å². The summed E-state index contributed by atoms with van der Waals surface area (Å²) in [4.78, 5) is 0. The largest absolute Gasteiger partial charge is 0.0683 e. The zero-order chi connectivity index (χ0) is 62.2. The first-order valence-corrected chi connectivity index (χ1v) is 35.1. The van der Waals surface area contributed by atoms with Crippen LogP contribution in [-0.4, -0.2) is 0 Å². The molecule has 0 spiro atoms. The highest BCUT2D eigenvalue weighted by Crippen LogP contribution is 2.42. The minimum atomic E-state index is 0.500. The summed E-state index contributed by atoms with van der Waals surface area (Å²) >= 11 is 0. The Morgan fingerprint density at radius 1 is 0.377 bits per heavy atom. The third-order valence-corrected chi connectivity index (χ3v) is 17.6. The van der Waals surface area contributed by atoms with Crippen LogP contribution in [0.25, 0.3) is 0 Å². The van der Waals surface area contributed by atoms with Crippen molar-refractivity contribution in [1.82, 2.24) is 0 Å². The van der Waals surface area contributed by atoms with E-state index >= 15 is 0 Å². The fraction of sp³-hybridized carbons (Fsp3) is 1.00. The second kappa shape index (κ2) is 54.0. The SMILES string of the molecule is CC.CC(C)(C)C.CC(C)C.CC1CCC(C)(C)CC1.CC1CCC(C)C1C.CC1CCCC1.CC1CCCCC1.CC1CCC[C@H]1C.CCC(C)(C)C.CCC(C)(C)C.CCC(C)C.CCCC.C[C@@H]1CCCC1(C)C. The molecular weight excluding hydrogens is 925 g/mol. The molecule has 5 atom stereocenters. The molecule has 0 aromatic heterocycles. The monoisotopic (exact) mass is 1090 g/mol. The molecule has 77 heavy (non-hydrogen) atoms. The Hall–Kier alpha value is 0. The number of unbranched alkanes of at least 4 members (excludes halogenated alkanes) is 1. The Morgan fingerprint density at radius 3 is 0.753 bits per heavy atom. The van der Waals surface area contributed by atoms with E-state index in [2.05, 4.69) is 228 Å². The van der Waals surface area contributed by atoms with Gasteiger partial charge in [0.25, 0.3) is 0 Å². The lowest BCUT2D eigenvalue weighted by molar-refractivity contribution is 0.201. The fourth-order valence-corrected chi connectivity index (χ4v) is 8.42. The van der Waals surface area contributed by atoms with E-state index in [0.717, 1.165) is 65.1 Å². The molecule has 476 valence electrons. The first-order valence-electron chi connectivity index (χ1n) is 35.1. The minimum Gasteiger partial charge on any atom is -0.0683 e. The summed E-state index contributed by atoms with van der Waals surface area (Å²) in [5.41, 5.74) is 2.90. The summed E-state index contributed by atoms with van der Waals surface area (Å²) in [7, 11) is 0. The zero-order valence-electron chi connectivity index (χ0n) is 62.2. The van der Waals surface area contributed by atoms with Crippen molar-refractivity contribution >= 4 is 0 Å². The van der Waals surface area contributed by atoms with Crippen LogP contribution in [0.5, 0.6) is 0 Å². The van der Waals surface area contributed by atoms with Gasteiger partial charge in [0.15, 0.2) is 0 Å². The molecule has 6 aliphatic rings. The van der Waals surface area contributed by atoms with Crippen LogP contribution >= 0.6 is 0 Å². The van der Waals surface area contributed by atoms with Gasteiger partial charge >= 0.3 is 0 Å². The Kier molecular flexibility index (Phi) is 63.6. The smallest absolute Gasteiger partial charge is 0.0329 e. The number of rotatable bonds is 2. The van der Waals surface area contributed by atoms with Crippen LogP contribution in [-0.2, 0) is 0 Å². The highest BCUT2D eigenvalue weighted by molar-refractivity contribution is 4.81. The molecule has 0 heteroatoms. The van der Waals surface area contributed by atoms with Crippen LogP contribution in [0.3, 0.4) is 0 Å². The van der Waals surface area contributed by atoms with Crippen LogP contribution in [0, 0.1) is 92.2 Å². The summed E-state index contributed by atoms with van der Waals surface area (Å²) in [6.45, 7) is 78.9. The molecule has 0 aromatic rings.